The molecule has 0 saturated carbocycles. The molecule has 4 heteroatoms. The van der Waals surface area contributed by atoms with Gasteiger partial charge in [-0.1, -0.05) is 151 Å². The van der Waals surface area contributed by atoms with E-state index in [-0.39, 0.29) is 19.2 Å². The molecule has 0 rings (SSSR count). The summed E-state index contributed by atoms with van der Waals surface area (Å²) in [5.41, 5.74) is 0. The molecular weight excluding hydrogens is 532 g/mol. The standard InChI is InChI=1S/C39H66O4/c1-3-5-7-9-11-13-15-16-17-18-19-20-21-22-23-25-27-29-31-33-35-42-37-38(36-40)43-39(41)34-32-30-28-26-24-14-12-10-8-6-4-2/h5,7,11,13,16-17,19-20,22-23,27,29,38,40H,3-4,6,8-10,12,14-15,18,21,24-26,28,30-37H2,1-2H3/b7-5-,13-11-,17-16-,20-19-,23-22-,29-27-. The van der Waals surface area contributed by atoms with Gasteiger partial charge in [0, 0.05) is 13.0 Å². The van der Waals surface area contributed by atoms with Crippen LogP contribution in [-0.4, -0.2) is 37.0 Å². The molecule has 0 aromatic carbocycles. The number of hydrogen-bond acceptors (Lipinski definition) is 4. The van der Waals surface area contributed by atoms with Crippen LogP contribution in [0.1, 0.15) is 142 Å². The highest BCUT2D eigenvalue weighted by molar-refractivity contribution is 5.69. The Bertz CT molecular complexity index is 759. The molecule has 0 aliphatic carbocycles. The monoisotopic (exact) mass is 598 g/mol. The molecule has 43 heavy (non-hydrogen) atoms. The van der Waals surface area contributed by atoms with Crippen LogP contribution in [0, 0.1) is 0 Å². The summed E-state index contributed by atoms with van der Waals surface area (Å²) >= 11 is 0. The first-order valence-electron chi connectivity index (χ1n) is 17.5. The van der Waals surface area contributed by atoms with Gasteiger partial charge in [0.2, 0.25) is 0 Å². The second-order valence-electron chi connectivity index (χ2n) is 11.2. The van der Waals surface area contributed by atoms with Crippen LogP contribution < -0.4 is 0 Å². The van der Waals surface area contributed by atoms with E-state index in [4.69, 9.17) is 9.47 Å². The van der Waals surface area contributed by atoms with Crippen LogP contribution in [0.3, 0.4) is 0 Å². The van der Waals surface area contributed by atoms with Crippen molar-refractivity contribution in [2.24, 2.45) is 0 Å². The lowest BCUT2D eigenvalue weighted by atomic mass is 10.1. The lowest BCUT2D eigenvalue weighted by Crippen LogP contribution is -2.27. The number of aliphatic hydroxyl groups is 1. The van der Waals surface area contributed by atoms with Crippen molar-refractivity contribution in [2.45, 2.75) is 148 Å². The van der Waals surface area contributed by atoms with E-state index in [0.717, 1.165) is 64.2 Å². The molecule has 0 amide bonds. The van der Waals surface area contributed by atoms with E-state index in [1.165, 1.54) is 57.8 Å². The zero-order valence-electron chi connectivity index (χ0n) is 27.9. The van der Waals surface area contributed by atoms with Gasteiger partial charge in [-0.15, -0.1) is 0 Å². The summed E-state index contributed by atoms with van der Waals surface area (Å²) in [5.74, 6) is -0.225. The fraction of sp³-hybridized carbons (Fsp3) is 0.667. The summed E-state index contributed by atoms with van der Waals surface area (Å²) in [6, 6.07) is 0. The number of carbonyl (C=O) groups excluding carboxylic acids is 1. The van der Waals surface area contributed by atoms with Crippen molar-refractivity contribution in [2.75, 3.05) is 19.8 Å². The van der Waals surface area contributed by atoms with Gasteiger partial charge < -0.3 is 14.6 Å². The molecule has 0 heterocycles. The number of esters is 1. The summed E-state index contributed by atoms with van der Waals surface area (Å²) in [6.45, 7) is 5.06. The average Bonchev–Trinajstić information content (AvgIpc) is 3.01. The van der Waals surface area contributed by atoms with Crippen LogP contribution >= 0.6 is 0 Å². The molecule has 0 aromatic heterocycles. The van der Waals surface area contributed by atoms with Crippen molar-refractivity contribution < 1.29 is 19.4 Å². The van der Waals surface area contributed by atoms with E-state index < -0.39 is 6.10 Å². The second-order valence-corrected chi connectivity index (χ2v) is 11.2. The molecular formula is C39H66O4. The average molecular weight is 599 g/mol. The van der Waals surface area contributed by atoms with Crippen LogP contribution in [0.2, 0.25) is 0 Å². The first kappa shape index (κ1) is 40.8. The number of aliphatic hydroxyl groups excluding tert-OH is 1. The van der Waals surface area contributed by atoms with Gasteiger partial charge in [-0.2, -0.15) is 0 Å². The maximum atomic E-state index is 12.1. The minimum Gasteiger partial charge on any atom is -0.457 e. The Balaban J connectivity index is 3.61. The van der Waals surface area contributed by atoms with Crippen LogP contribution in [-0.2, 0) is 14.3 Å². The molecule has 0 spiro atoms. The molecule has 0 aromatic rings. The molecule has 1 unspecified atom stereocenters. The van der Waals surface area contributed by atoms with Gasteiger partial charge in [0.1, 0.15) is 6.10 Å². The first-order valence-corrected chi connectivity index (χ1v) is 17.5. The molecule has 0 bridgehead atoms. The number of rotatable bonds is 31. The Morgan fingerprint density at radius 1 is 0.581 bits per heavy atom. The number of allylic oxidation sites excluding steroid dienone is 12. The lowest BCUT2D eigenvalue weighted by molar-refractivity contribution is -0.154. The predicted octanol–water partition coefficient (Wildman–Crippen LogP) is 11.1. The van der Waals surface area contributed by atoms with Gasteiger partial charge >= 0.3 is 5.97 Å². The molecule has 0 fully saturated rings. The quantitative estimate of drug-likeness (QED) is 0.0490. The first-order chi connectivity index (χ1) is 21.2. The SMILES string of the molecule is CC/C=C\C/C=C\C/C=C\C/C=C\C/C=C\C/C=C\CCCOCC(CO)OC(=O)CCCCCCCCCCCCC. The van der Waals surface area contributed by atoms with Gasteiger partial charge in [-0.25, -0.2) is 0 Å². The maximum absolute atomic E-state index is 12.1. The van der Waals surface area contributed by atoms with Crippen LogP contribution in [0.25, 0.3) is 0 Å². The summed E-state index contributed by atoms with van der Waals surface area (Å²) in [7, 11) is 0. The van der Waals surface area contributed by atoms with Crippen molar-refractivity contribution in [1.82, 2.24) is 0 Å². The van der Waals surface area contributed by atoms with Gasteiger partial charge in [-0.3, -0.25) is 4.79 Å². The summed E-state index contributed by atoms with van der Waals surface area (Å²) in [5, 5.41) is 9.52. The van der Waals surface area contributed by atoms with Crippen molar-refractivity contribution in [1.29, 1.82) is 0 Å². The third kappa shape index (κ3) is 34.2. The smallest absolute Gasteiger partial charge is 0.306 e. The Kier molecular flexibility index (Phi) is 34.2. The minimum atomic E-state index is -0.564. The van der Waals surface area contributed by atoms with Crippen LogP contribution in [0.4, 0.5) is 0 Å². The predicted molar refractivity (Wildman–Crippen MR) is 186 cm³/mol. The Hall–Kier alpha value is -2.17. The number of hydrogen-bond donors (Lipinski definition) is 1. The highest BCUT2D eigenvalue weighted by Gasteiger charge is 2.13. The van der Waals surface area contributed by atoms with Gasteiger partial charge in [0.25, 0.3) is 0 Å². The van der Waals surface area contributed by atoms with Crippen LogP contribution in [0.15, 0.2) is 72.9 Å². The van der Waals surface area contributed by atoms with Gasteiger partial charge in [0.05, 0.1) is 13.2 Å². The molecule has 0 radical (unpaired) electrons. The number of unbranched alkanes of at least 4 members (excludes halogenated alkanes) is 11. The summed E-state index contributed by atoms with van der Waals surface area (Å²) in [4.78, 5) is 12.1. The van der Waals surface area contributed by atoms with E-state index >= 15 is 0 Å². The topological polar surface area (TPSA) is 55.8 Å². The van der Waals surface area contributed by atoms with Crippen molar-refractivity contribution >= 4 is 5.97 Å². The molecule has 1 atom stereocenters. The zero-order valence-corrected chi connectivity index (χ0v) is 27.9. The van der Waals surface area contributed by atoms with Crippen LogP contribution in [0.5, 0.6) is 0 Å². The van der Waals surface area contributed by atoms with Crippen molar-refractivity contribution in [3.05, 3.63) is 72.9 Å². The zero-order chi connectivity index (χ0) is 31.3. The highest BCUT2D eigenvalue weighted by Crippen LogP contribution is 2.12. The fourth-order valence-electron chi connectivity index (χ4n) is 4.46. The van der Waals surface area contributed by atoms with E-state index in [0.29, 0.717) is 13.0 Å². The highest BCUT2D eigenvalue weighted by atomic mass is 16.6. The van der Waals surface area contributed by atoms with Gasteiger partial charge in [0.15, 0.2) is 0 Å². The summed E-state index contributed by atoms with van der Waals surface area (Å²) < 4.78 is 11.0. The fourth-order valence-corrected chi connectivity index (χ4v) is 4.46. The van der Waals surface area contributed by atoms with E-state index in [1.807, 2.05) is 0 Å². The lowest BCUT2D eigenvalue weighted by Gasteiger charge is -2.15. The third-order valence-corrected chi connectivity index (χ3v) is 7.05. The Morgan fingerprint density at radius 3 is 1.49 bits per heavy atom. The van der Waals surface area contributed by atoms with E-state index in [1.54, 1.807) is 0 Å². The molecule has 0 aliphatic heterocycles. The van der Waals surface area contributed by atoms with Crippen molar-refractivity contribution in [3.63, 3.8) is 0 Å². The number of carbonyl (C=O) groups is 1. The number of ether oxygens (including phenoxy) is 2. The normalized spacial score (nSPS) is 13.3. The second kappa shape index (κ2) is 36.0. The third-order valence-electron chi connectivity index (χ3n) is 7.05. The Labute approximate surface area is 266 Å². The minimum absolute atomic E-state index is 0.197. The molecule has 0 aliphatic rings. The van der Waals surface area contributed by atoms with E-state index in [9.17, 15) is 9.90 Å². The molecule has 246 valence electrons. The van der Waals surface area contributed by atoms with Gasteiger partial charge in [-0.05, 0) is 57.8 Å². The summed E-state index contributed by atoms with van der Waals surface area (Å²) in [6.07, 6.45) is 48.0. The van der Waals surface area contributed by atoms with Crippen molar-refractivity contribution in [3.8, 4) is 0 Å². The molecule has 4 nitrogen and oxygen atoms in total. The maximum Gasteiger partial charge on any atom is 0.306 e. The molecule has 0 saturated heterocycles. The van der Waals surface area contributed by atoms with E-state index in [2.05, 4.69) is 86.8 Å². The molecule has 1 N–H and O–H groups in total. The Morgan fingerprint density at radius 2 is 1.02 bits per heavy atom. The largest absolute Gasteiger partial charge is 0.457 e.